The van der Waals surface area contributed by atoms with Gasteiger partial charge in [-0.15, -0.1) is 0 Å². The van der Waals surface area contributed by atoms with Crippen LogP contribution in [0.15, 0.2) is 0 Å². The zero-order valence-corrected chi connectivity index (χ0v) is 16.8. The number of phenolic OH excluding ortho intramolecular Hbond substituents is 1. The summed E-state index contributed by atoms with van der Waals surface area (Å²) in [5.41, 5.74) is 8.71. The minimum atomic E-state index is 0.437. The number of fused-ring (bicyclic) bond motifs is 1. The highest BCUT2D eigenvalue weighted by molar-refractivity contribution is 5.57. The van der Waals surface area contributed by atoms with E-state index in [1.54, 1.807) is 0 Å². The van der Waals surface area contributed by atoms with E-state index in [0.29, 0.717) is 5.75 Å². The third-order valence-corrected chi connectivity index (χ3v) is 4.59. The van der Waals surface area contributed by atoms with Crippen molar-refractivity contribution in [3.63, 3.8) is 0 Å². The van der Waals surface area contributed by atoms with E-state index in [1.807, 2.05) is 20.8 Å². The van der Waals surface area contributed by atoms with E-state index in [9.17, 15) is 5.11 Å². The smallest absolute Gasteiger partial charge is 0.126 e. The molecule has 0 saturated heterocycles. The number of benzene rings is 1. The van der Waals surface area contributed by atoms with Crippen molar-refractivity contribution in [2.45, 2.75) is 60.8 Å². The van der Waals surface area contributed by atoms with Crippen LogP contribution < -0.4 is 10.5 Å². The predicted octanol–water partition coefficient (Wildman–Crippen LogP) is 3.96. The fraction of sp³-hybridized carbons (Fsp3) is 0.700. The molecule has 1 aromatic carbocycles. The molecule has 0 amide bonds. The van der Waals surface area contributed by atoms with Crippen molar-refractivity contribution in [2.24, 2.45) is 5.73 Å². The Hall–Kier alpha value is -1.26. The van der Waals surface area contributed by atoms with Crippen LogP contribution in [-0.4, -0.2) is 43.3 Å². The summed E-state index contributed by atoms with van der Waals surface area (Å²) in [6, 6.07) is 0. The van der Waals surface area contributed by atoms with Crippen molar-refractivity contribution in [3.8, 4) is 11.5 Å². The van der Waals surface area contributed by atoms with Crippen molar-refractivity contribution in [2.75, 3.05) is 33.3 Å². The van der Waals surface area contributed by atoms with Gasteiger partial charge in [0.25, 0.3) is 0 Å². The van der Waals surface area contributed by atoms with Gasteiger partial charge in [0, 0.05) is 5.56 Å². The van der Waals surface area contributed by atoms with Crippen LogP contribution in [0.5, 0.6) is 11.5 Å². The molecule has 1 aliphatic rings. The molecule has 2 rings (SSSR count). The number of nitrogens with two attached hydrogens (primary N) is 1. The van der Waals surface area contributed by atoms with Gasteiger partial charge in [-0.05, 0) is 83.4 Å². The van der Waals surface area contributed by atoms with Gasteiger partial charge in [-0.2, -0.15) is 0 Å². The van der Waals surface area contributed by atoms with Crippen LogP contribution in [0.3, 0.4) is 0 Å². The number of hydrogen-bond acceptors (Lipinski definition) is 4. The Bertz CT molecular complexity index is 446. The molecule has 0 atom stereocenters. The molecule has 1 heterocycles. The van der Waals surface area contributed by atoms with Crippen LogP contribution in [0, 0.1) is 20.8 Å². The van der Waals surface area contributed by atoms with Gasteiger partial charge in [-0.3, -0.25) is 0 Å². The summed E-state index contributed by atoms with van der Waals surface area (Å²) < 4.78 is 5.66. The second-order valence-corrected chi connectivity index (χ2v) is 6.01. The minimum Gasteiger partial charge on any atom is -0.507 e. The first-order valence-electron chi connectivity index (χ1n) is 9.22. The Balaban J connectivity index is 0.000000456. The second-order valence-electron chi connectivity index (χ2n) is 6.01. The van der Waals surface area contributed by atoms with Crippen LogP contribution in [0.1, 0.15) is 55.9 Å². The Morgan fingerprint density at radius 3 is 2.04 bits per heavy atom. The molecule has 0 aromatic heterocycles. The number of nitrogens with zero attached hydrogens (tertiary/aromatic N) is 1. The Kier molecular flexibility index (Phi) is 11.5. The highest BCUT2D eigenvalue weighted by Gasteiger charge is 2.20. The first-order chi connectivity index (χ1) is 11.5. The van der Waals surface area contributed by atoms with Gasteiger partial charge < -0.3 is 20.5 Å². The van der Waals surface area contributed by atoms with Crippen molar-refractivity contribution < 1.29 is 9.84 Å². The molecular weight excluding hydrogens is 300 g/mol. The van der Waals surface area contributed by atoms with Gasteiger partial charge in [0.15, 0.2) is 0 Å². The Morgan fingerprint density at radius 2 is 1.58 bits per heavy atom. The number of aromatic hydroxyl groups is 1. The van der Waals surface area contributed by atoms with Crippen molar-refractivity contribution in [1.29, 1.82) is 0 Å². The highest BCUT2D eigenvalue weighted by Crippen LogP contribution is 2.39. The van der Waals surface area contributed by atoms with Crippen LogP contribution in [0.4, 0.5) is 0 Å². The topological polar surface area (TPSA) is 58.7 Å². The second kappa shape index (κ2) is 12.2. The first kappa shape index (κ1) is 22.7. The van der Waals surface area contributed by atoms with Crippen LogP contribution >= 0.6 is 0 Å². The summed E-state index contributed by atoms with van der Waals surface area (Å²) in [4.78, 5) is 2.43. The molecule has 1 aliphatic heterocycles. The van der Waals surface area contributed by atoms with Crippen molar-refractivity contribution in [1.82, 2.24) is 4.90 Å². The number of hydrogen-bond donors (Lipinski definition) is 2. The lowest BCUT2D eigenvalue weighted by atomic mass is 9.93. The zero-order valence-electron chi connectivity index (χ0n) is 16.8. The maximum atomic E-state index is 9.89. The molecule has 24 heavy (non-hydrogen) atoms. The fourth-order valence-corrected chi connectivity index (χ4v) is 2.94. The predicted molar refractivity (Wildman–Crippen MR) is 104 cm³/mol. The van der Waals surface area contributed by atoms with E-state index < -0.39 is 0 Å². The van der Waals surface area contributed by atoms with E-state index in [1.165, 1.54) is 38.7 Å². The molecular formula is C20H38N2O2. The average molecular weight is 339 g/mol. The summed E-state index contributed by atoms with van der Waals surface area (Å²) in [6.45, 7) is 17.0. The van der Waals surface area contributed by atoms with E-state index in [0.717, 1.165) is 41.9 Å². The summed E-state index contributed by atoms with van der Waals surface area (Å²) >= 11 is 0. The molecule has 0 aliphatic carbocycles. The summed E-state index contributed by atoms with van der Waals surface area (Å²) in [5.74, 6) is 1.44. The molecule has 140 valence electrons. The summed E-state index contributed by atoms with van der Waals surface area (Å²) in [5, 5.41) is 9.89. The Morgan fingerprint density at radius 1 is 1.00 bits per heavy atom. The standard InChI is InChI=1S/C12H16O2.C7H17N.CH5N/c1-7-8(2)12-10(5-4-6-14-12)9(3)11(7)13;1-4-7-8(5-2)6-3;1-2/h13H,4-6H2,1-3H3;4-7H2,1-3H3;2H2,1H3. The van der Waals surface area contributed by atoms with E-state index in [-0.39, 0.29) is 0 Å². The third kappa shape index (κ3) is 5.99. The molecule has 1 aromatic rings. The van der Waals surface area contributed by atoms with Crippen LogP contribution in [0.2, 0.25) is 0 Å². The molecule has 4 heteroatoms. The summed E-state index contributed by atoms with van der Waals surface area (Å²) in [6.07, 6.45) is 3.35. The lowest BCUT2D eigenvalue weighted by molar-refractivity contribution is 0.284. The maximum absolute atomic E-state index is 9.89. The van der Waals surface area contributed by atoms with E-state index >= 15 is 0 Å². The monoisotopic (exact) mass is 338 g/mol. The first-order valence-corrected chi connectivity index (χ1v) is 9.22. The SMILES string of the molecule is CCCN(CC)CC.CN.Cc1c(C)c2c(c(C)c1O)CCCO2. The maximum Gasteiger partial charge on any atom is 0.126 e. The van der Waals surface area contributed by atoms with Crippen molar-refractivity contribution in [3.05, 3.63) is 22.3 Å². The number of rotatable bonds is 4. The van der Waals surface area contributed by atoms with Crippen LogP contribution in [-0.2, 0) is 6.42 Å². The normalized spacial score (nSPS) is 12.4. The lowest BCUT2D eigenvalue weighted by Crippen LogP contribution is -2.23. The Labute approximate surface area is 149 Å². The molecule has 0 saturated carbocycles. The van der Waals surface area contributed by atoms with E-state index in [2.05, 4.69) is 31.4 Å². The zero-order chi connectivity index (χ0) is 18.7. The molecule has 4 nitrogen and oxygen atoms in total. The largest absolute Gasteiger partial charge is 0.507 e. The highest BCUT2D eigenvalue weighted by atomic mass is 16.5. The molecule has 3 N–H and O–H groups in total. The average Bonchev–Trinajstić information content (AvgIpc) is 2.64. The quantitative estimate of drug-likeness (QED) is 0.872. The summed E-state index contributed by atoms with van der Waals surface area (Å²) in [7, 11) is 1.50. The molecule has 0 bridgehead atoms. The molecule has 0 unspecified atom stereocenters. The molecule has 0 fully saturated rings. The van der Waals surface area contributed by atoms with E-state index in [4.69, 9.17) is 4.74 Å². The van der Waals surface area contributed by atoms with Gasteiger partial charge >= 0.3 is 0 Å². The van der Waals surface area contributed by atoms with Gasteiger partial charge in [-0.1, -0.05) is 20.8 Å². The fourth-order valence-electron chi connectivity index (χ4n) is 2.94. The van der Waals surface area contributed by atoms with Crippen LogP contribution in [0.25, 0.3) is 0 Å². The number of phenols is 1. The van der Waals surface area contributed by atoms with Crippen molar-refractivity contribution >= 4 is 0 Å². The lowest BCUT2D eigenvalue weighted by Gasteiger charge is -2.23. The minimum absolute atomic E-state index is 0.437. The third-order valence-electron chi connectivity index (χ3n) is 4.59. The number of ether oxygens (including phenoxy) is 1. The van der Waals surface area contributed by atoms with Gasteiger partial charge in [0.05, 0.1) is 6.61 Å². The van der Waals surface area contributed by atoms with Gasteiger partial charge in [0.1, 0.15) is 11.5 Å². The molecule has 0 spiro atoms. The molecule has 0 radical (unpaired) electrons. The van der Waals surface area contributed by atoms with Gasteiger partial charge in [0.2, 0.25) is 0 Å². The van der Waals surface area contributed by atoms with Gasteiger partial charge in [-0.25, -0.2) is 0 Å².